The molecule has 1 amide bonds. The maximum Gasteiger partial charge on any atom is 0.207 e. The highest BCUT2D eigenvalue weighted by atomic mass is 32.2. The summed E-state index contributed by atoms with van der Waals surface area (Å²) >= 11 is 1.57. The standard InChI is InChI=1S/C31H39N5O2S.C7H18N2O2/c1-3-27(32-2)30(20-37)39-22-36-18-15-25(16-19-36)24(14-17-33-21-38)11-8-23-9-12-26(13-10-23)31-34-28-6-4-5-7-29(28)35-31;1-9-3-5-11-7-6-10-4-2-8/h4-7,9-10,12-13,20-21,24-25H,2-3,8,11,14-19,22H2,1H3,(H,33,38)(H,34,35);9H,2-8H2,1H3/b30-27-;. The van der Waals surface area contributed by atoms with Gasteiger partial charge in [-0.15, -0.1) is 11.8 Å². The van der Waals surface area contributed by atoms with Crippen LogP contribution in [0.1, 0.15) is 44.6 Å². The number of nitrogens with zero attached hydrogens (tertiary/aromatic N) is 3. The van der Waals surface area contributed by atoms with Crippen molar-refractivity contribution in [2.45, 2.75) is 45.4 Å². The van der Waals surface area contributed by atoms with E-state index < -0.39 is 0 Å². The summed E-state index contributed by atoms with van der Waals surface area (Å²) in [7, 11) is 1.90. The third kappa shape index (κ3) is 14.5. The fourth-order valence-electron chi connectivity index (χ4n) is 6.06. The van der Waals surface area contributed by atoms with Crippen LogP contribution in [-0.2, 0) is 25.5 Å². The maximum absolute atomic E-state index is 11.5. The van der Waals surface area contributed by atoms with Gasteiger partial charge in [-0.05, 0) is 94.9 Å². The van der Waals surface area contributed by atoms with Crippen LogP contribution in [-0.4, -0.2) is 106 Å². The number of aldehydes is 1. The molecule has 1 saturated heterocycles. The second-order valence-corrected chi connectivity index (χ2v) is 13.2. The van der Waals surface area contributed by atoms with Crippen LogP contribution in [0.4, 0.5) is 0 Å². The van der Waals surface area contributed by atoms with Crippen LogP contribution in [0.15, 0.2) is 64.1 Å². The number of rotatable bonds is 23. The third-order valence-corrected chi connectivity index (χ3v) is 10.0. The average Bonchev–Trinajstić information content (AvgIpc) is 3.60. The first-order valence-electron chi connectivity index (χ1n) is 17.8. The lowest BCUT2D eigenvalue weighted by Crippen LogP contribution is -2.36. The summed E-state index contributed by atoms with van der Waals surface area (Å²) in [5, 5.41) is 5.85. The molecule has 1 unspecified atom stereocenters. The minimum atomic E-state index is 0.560. The molecule has 1 aromatic heterocycles. The molecule has 0 bridgehead atoms. The van der Waals surface area contributed by atoms with Crippen molar-refractivity contribution >= 4 is 42.2 Å². The summed E-state index contributed by atoms with van der Waals surface area (Å²) < 4.78 is 10.3. The Hall–Kier alpha value is -3.39. The first-order chi connectivity index (χ1) is 24.6. The fourth-order valence-corrected chi connectivity index (χ4v) is 7.08. The Bertz CT molecular complexity index is 1380. The zero-order valence-electron chi connectivity index (χ0n) is 29.9. The van der Waals surface area contributed by atoms with Crippen molar-refractivity contribution in [1.29, 1.82) is 0 Å². The molecule has 1 atom stereocenters. The first kappa shape index (κ1) is 41.0. The second kappa shape index (κ2) is 24.7. The minimum absolute atomic E-state index is 0.560. The Kier molecular flexibility index (Phi) is 20.3. The van der Waals surface area contributed by atoms with Crippen LogP contribution in [0.25, 0.3) is 22.4 Å². The average molecular weight is 708 g/mol. The number of fused-ring (bicyclic) bond motifs is 1. The van der Waals surface area contributed by atoms with E-state index in [1.54, 1.807) is 11.8 Å². The van der Waals surface area contributed by atoms with Crippen molar-refractivity contribution in [1.82, 2.24) is 25.5 Å². The molecule has 12 heteroatoms. The lowest BCUT2D eigenvalue weighted by Gasteiger charge is -2.36. The van der Waals surface area contributed by atoms with Crippen molar-refractivity contribution < 1.29 is 19.1 Å². The molecular formula is C38H57N7O4S. The predicted octanol–water partition coefficient (Wildman–Crippen LogP) is 5.04. The topological polar surface area (TPSA) is 147 Å². The van der Waals surface area contributed by atoms with Gasteiger partial charge < -0.3 is 30.8 Å². The number of benzene rings is 2. The number of para-hydroxylation sites is 2. The number of likely N-dealkylation sites (tertiary alicyclic amines) is 1. The minimum Gasteiger partial charge on any atom is -0.378 e. The molecule has 50 heavy (non-hydrogen) atoms. The van der Waals surface area contributed by atoms with Crippen molar-refractivity contribution in [3.63, 3.8) is 0 Å². The SMILES string of the molecule is C=N/C(CC)=C(/C=O)SCN1CCC(C(CCNC=O)CCc2ccc(-c3nc4ccccc4[nH]3)cc2)CC1.CNCCOCCOCCN. The van der Waals surface area contributed by atoms with Gasteiger partial charge in [0.25, 0.3) is 0 Å². The normalized spacial score (nSPS) is 14.8. The van der Waals surface area contributed by atoms with Gasteiger partial charge in [-0.25, -0.2) is 4.98 Å². The molecule has 4 rings (SSSR count). The number of piperidine rings is 1. The number of nitrogens with one attached hydrogen (secondary N) is 3. The number of H-pyrrole nitrogens is 1. The van der Waals surface area contributed by atoms with E-state index in [0.717, 1.165) is 112 Å². The molecule has 2 aromatic carbocycles. The number of aromatic nitrogens is 2. The van der Waals surface area contributed by atoms with Gasteiger partial charge in [0.2, 0.25) is 6.41 Å². The Morgan fingerprint density at radius 2 is 1.82 bits per heavy atom. The molecule has 1 fully saturated rings. The molecule has 0 radical (unpaired) electrons. The second-order valence-electron chi connectivity index (χ2n) is 12.2. The van der Waals surface area contributed by atoms with Crippen molar-refractivity contribution in [3.8, 4) is 11.4 Å². The highest BCUT2D eigenvalue weighted by Crippen LogP contribution is 2.32. The molecule has 5 N–H and O–H groups in total. The number of carbonyl (C=O) groups is 2. The van der Waals surface area contributed by atoms with Crippen LogP contribution in [0.3, 0.4) is 0 Å². The van der Waals surface area contributed by atoms with Gasteiger partial charge in [-0.1, -0.05) is 43.3 Å². The van der Waals surface area contributed by atoms with E-state index in [-0.39, 0.29) is 0 Å². The van der Waals surface area contributed by atoms with Gasteiger partial charge >= 0.3 is 0 Å². The van der Waals surface area contributed by atoms with Gasteiger partial charge in [-0.3, -0.25) is 19.5 Å². The third-order valence-electron chi connectivity index (χ3n) is 8.91. The van der Waals surface area contributed by atoms with Gasteiger partial charge in [0.05, 0.1) is 48.1 Å². The number of imidazole rings is 1. The van der Waals surface area contributed by atoms with Crippen LogP contribution >= 0.6 is 11.8 Å². The number of amides is 1. The zero-order valence-corrected chi connectivity index (χ0v) is 30.7. The molecule has 2 heterocycles. The number of allylic oxidation sites excluding steroid dienone is 2. The van der Waals surface area contributed by atoms with Gasteiger partial charge in [0, 0.05) is 31.1 Å². The molecular weight excluding hydrogens is 651 g/mol. The van der Waals surface area contributed by atoms with E-state index >= 15 is 0 Å². The van der Waals surface area contributed by atoms with Crippen LogP contribution in [0.5, 0.6) is 0 Å². The van der Waals surface area contributed by atoms with Crippen LogP contribution in [0.2, 0.25) is 0 Å². The largest absolute Gasteiger partial charge is 0.378 e. The summed E-state index contributed by atoms with van der Waals surface area (Å²) in [6.07, 6.45) is 7.81. The molecule has 0 spiro atoms. The lowest BCUT2D eigenvalue weighted by molar-refractivity contribution is -0.109. The number of carbonyl (C=O) groups excluding carboxylic acids is 2. The van der Waals surface area contributed by atoms with E-state index in [1.807, 2.05) is 38.2 Å². The Labute approximate surface area is 302 Å². The summed E-state index contributed by atoms with van der Waals surface area (Å²) in [4.78, 5) is 37.6. The van der Waals surface area contributed by atoms with E-state index in [9.17, 15) is 9.59 Å². The predicted molar refractivity (Wildman–Crippen MR) is 206 cm³/mol. The highest BCUT2D eigenvalue weighted by Gasteiger charge is 2.26. The fraction of sp³-hybridized carbons (Fsp3) is 0.526. The lowest BCUT2D eigenvalue weighted by atomic mass is 9.79. The van der Waals surface area contributed by atoms with Crippen LogP contribution < -0.4 is 16.4 Å². The number of likely N-dealkylation sites (N-methyl/N-ethyl adjacent to an activating group) is 1. The van der Waals surface area contributed by atoms with E-state index in [1.165, 1.54) is 5.56 Å². The number of ether oxygens (including phenoxy) is 2. The summed E-state index contributed by atoms with van der Waals surface area (Å²) in [5.74, 6) is 2.89. The summed E-state index contributed by atoms with van der Waals surface area (Å²) in [5.41, 5.74) is 10.4. The zero-order chi connectivity index (χ0) is 35.8. The van der Waals surface area contributed by atoms with Gasteiger partial charge in [0.15, 0.2) is 6.29 Å². The summed E-state index contributed by atoms with van der Waals surface area (Å²) in [6, 6.07) is 16.8. The summed E-state index contributed by atoms with van der Waals surface area (Å²) in [6.45, 7) is 12.5. The molecule has 0 saturated carbocycles. The van der Waals surface area contributed by atoms with E-state index in [0.29, 0.717) is 49.5 Å². The van der Waals surface area contributed by atoms with Crippen molar-refractivity contribution in [2.75, 3.05) is 72.1 Å². The number of hydrogen-bond acceptors (Lipinski definition) is 10. The molecule has 274 valence electrons. The number of aryl methyl sites for hydroxylation is 1. The number of hydrogen-bond donors (Lipinski definition) is 4. The van der Waals surface area contributed by atoms with Gasteiger partial charge in [-0.2, -0.15) is 0 Å². The monoisotopic (exact) mass is 707 g/mol. The van der Waals surface area contributed by atoms with Gasteiger partial charge in [0.1, 0.15) is 5.82 Å². The Morgan fingerprint density at radius 1 is 1.08 bits per heavy atom. The Balaban J connectivity index is 0.000000530. The molecule has 1 aliphatic rings. The molecule has 11 nitrogen and oxygen atoms in total. The van der Waals surface area contributed by atoms with E-state index in [4.69, 9.17) is 20.2 Å². The molecule has 1 aliphatic heterocycles. The van der Waals surface area contributed by atoms with Crippen molar-refractivity contribution in [3.05, 3.63) is 64.7 Å². The number of nitrogens with two attached hydrogens (primary N) is 1. The maximum atomic E-state index is 11.5. The quantitative estimate of drug-likeness (QED) is 0.0461. The first-order valence-corrected chi connectivity index (χ1v) is 18.8. The highest BCUT2D eigenvalue weighted by molar-refractivity contribution is 8.03. The number of aliphatic imine (C=N–C) groups is 1. The Morgan fingerprint density at radius 3 is 2.46 bits per heavy atom. The molecule has 0 aliphatic carbocycles. The van der Waals surface area contributed by atoms with Crippen molar-refractivity contribution in [2.24, 2.45) is 22.6 Å². The van der Waals surface area contributed by atoms with E-state index in [2.05, 4.69) is 56.5 Å². The number of aromatic amines is 1. The molecule has 3 aromatic rings. The smallest absolute Gasteiger partial charge is 0.207 e. The number of thioether (sulfide) groups is 1. The van der Waals surface area contributed by atoms with Crippen LogP contribution in [0, 0.1) is 11.8 Å².